The normalized spacial score (nSPS) is 10.6. The molecule has 1 unspecified atom stereocenters. The zero-order valence-electron chi connectivity index (χ0n) is 18.4. The molecule has 1 atom stereocenters. The molecule has 0 amide bonds. The van der Waals surface area contributed by atoms with Gasteiger partial charge in [0, 0.05) is 16.9 Å². The molecule has 0 saturated heterocycles. The SMILES string of the molecule is Cc1cc(C)c(C(=O)Pc2ccc(Oc3ccccc3)cc2Oc2ccccc2)c(C)c1.[LiH]. The molecule has 0 radical (unpaired) electrons. The van der Waals surface area contributed by atoms with Crippen LogP contribution in [-0.4, -0.2) is 24.4 Å². The Morgan fingerprint density at radius 1 is 0.667 bits per heavy atom. The minimum absolute atomic E-state index is 0. The number of rotatable bonds is 7. The van der Waals surface area contributed by atoms with Crippen LogP contribution in [0.4, 0.5) is 0 Å². The fraction of sp³-hybridized carbons (Fsp3) is 0.107. The predicted octanol–water partition coefficient (Wildman–Crippen LogP) is 6.69. The Morgan fingerprint density at radius 2 is 1.21 bits per heavy atom. The number of hydrogen-bond acceptors (Lipinski definition) is 3. The fourth-order valence-electron chi connectivity index (χ4n) is 3.72. The molecule has 0 aliphatic heterocycles. The first-order valence-electron chi connectivity index (χ1n) is 10.5. The zero-order valence-corrected chi connectivity index (χ0v) is 19.4. The predicted molar refractivity (Wildman–Crippen MR) is 140 cm³/mol. The Morgan fingerprint density at radius 3 is 1.79 bits per heavy atom. The van der Waals surface area contributed by atoms with Gasteiger partial charge in [0.25, 0.3) is 0 Å². The molecule has 33 heavy (non-hydrogen) atoms. The molecule has 0 heterocycles. The molecule has 162 valence electrons. The van der Waals surface area contributed by atoms with E-state index in [9.17, 15) is 4.79 Å². The minimum atomic E-state index is -0.0594. The summed E-state index contributed by atoms with van der Waals surface area (Å²) >= 11 is 0. The van der Waals surface area contributed by atoms with Crippen molar-refractivity contribution in [3.05, 3.63) is 113 Å². The number of ether oxygens (including phenoxy) is 2. The Hall–Kier alpha value is -2.82. The van der Waals surface area contributed by atoms with E-state index >= 15 is 0 Å². The van der Waals surface area contributed by atoms with Gasteiger partial charge < -0.3 is 9.47 Å². The summed E-state index contributed by atoms with van der Waals surface area (Å²) in [7, 11) is -0.0594. The van der Waals surface area contributed by atoms with Crippen LogP contribution in [-0.2, 0) is 0 Å². The third kappa shape index (κ3) is 6.37. The molecule has 0 aliphatic carbocycles. The molecule has 4 aromatic rings. The van der Waals surface area contributed by atoms with Gasteiger partial charge >= 0.3 is 18.9 Å². The summed E-state index contributed by atoms with van der Waals surface area (Å²) in [5.41, 5.74) is 4.08. The van der Waals surface area contributed by atoms with Gasteiger partial charge in [0.15, 0.2) is 5.52 Å². The van der Waals surface area contributed by atoms with E-state index in [0.29, 0.717) is 17.2 Å². The van der Waals surface area contributed by atoms with Crippen molar-refractivity contribution in [1.82, 2.24) is 0 Å². The molecule has 4 rings (SSSR count). The Labute approximate surface area is 209 Å². The molecule has 0 N–H and O–H groups in total. The van der Waals surface area contributed by atoms with Crippen LogP contribution in [0.25, 0.3) is 0 Å². The first-order chi connectivity index (χ1) is 15.5. The number of carbonyl (C=O) groups excluding carboxylic acids is 1. The van der Waals surface area contributed by atoms with Gasteiger partial charge in [-0.15, -0.1) is 0 Å². The molecule has 0 saturated carbocycles. The van der Waals surface area contributed by atoms with Crippen molar-refractivity contribution in [3.63, 3.8) is 0 Å². The van der Waals surface area contributed by atoms with Crippen LogP contribution in [0.15, 0.2) is 91.0 Å². The van der Waals surface area contributed by atoms with Crippen LogP contribution in [0.3, 0.4) is 0 Å². The fourth-order valence-corrected chi connectivity index (χ4v) is 4.89. The van der Waals surface area contributed by atoms with E-state index in [1.807, 2.05) is 99.6 Å². The average molecular weight is 448 g/mol. The van der Waals surface area contributed by atoms with Gasteiger partial charge in [0.2, 0.25) is 0 Å². The van der Waals surface area contributed by atoms with Crippen LogP contribution >= 0.6 is 8.58 Å². The third-order valence-corrected chi connectivity index (χ3v) is 6.21. The summed E-state index contributed by atoms with van der Waals surface area (Å²) < 4.78 is 12.2. The van der Waals surface area contributed by atoms with Crippen LogP contribution in [0.1, 0.15) is 27.0 Å². The average Bonchev–Trinajstić information content (AvgIpc) is 2.76. The Bertz CT molecular complexity index is 1220. The third-order valence-electron chi connectivity index (χ3n) is 5.06. The van der Waals surface area contributed by atoms with Gasteiger partial charge in [0.05, 0.1) is 0 Å². The monoisotopic (exact) mass is 448 g/mol. The van der Waals surface area contributed by atoms with Gasteiger partial charge in [-0.3, -0.25) is 4.79 Å². The summed E-state index contributed by atoms with van der Waals surface area (Å²) in [5.74, 6) is 2.74. The van der Waals surface area contributed by atoms with Crippen molar-refractivity contribution >= 4 is 38.3 Å². The molecule has 3 nitrogen and oxygen atoms in total. The van der Waals surface area contributed by atoms with Crippen molar-refractivity contribution < 1.29 is 14.3 Å². The van der Waals surface area contributed by atoms with Crippen LogP contribution < -0.4 is 14.8 Å². The van der Waals surface area contributed by atoms with Gasteiger partial charge in [-0.1, -0.05) is 54.1 Å². The van der Waals surface area contributed by atoms with Crippen molar-refractivity contribution in [1.29, 1.82) is 0 Å². The number of carbonyl (C=O) groups is 1. The van der Waals surface area contributed by atoms with Gasteiger partial charge in [-0.05, 0) is 76.9 Å². The molecule has 0 bridgehead atoms. The van der Waals surface area contributed by atoms with Crippen LogP contribution in [0.5, 0.6) is 23.0 Å². The van der Waals surface area contributed by atoms with Gasteiger partial charge in [-0.2, -0.15) is 0 Å². The molecule has 5 heteroatoms. The van der Waals surface area contributed by atoms with E-state index in [-0.39, 0.29) is 33.0 Å². The van der Waals surface area contributed by atoms with E-state index in [1.165, 1.54) is 0 Å². The van der Waals surface area contributed by atoms with Crippen molar-refractivity contribution in [2.24, 2.45) is 0 Å². The summed E-state index contributed by atoms with van der Waals surface area (Å²) in [5, 5.41) is 0.846. The second-order valence-corrected chi connectivity index (χ2v) is 8.96. The molecular weight excluding hydrogens is 422 g/mol. The first-order valence-corrected chi connectivity index (χ1v) is 11.5. The molecular formula is C28H26LiO3P. The Balaban J connectivity index is 0.00000306. The summed E-state index contributed by atoms with van der Waals surface area (Å²) in [6.45, 7) is 6.04. The maximum atomic E-state index is 13.3. The topological polar surface area (TPSA) is 35.5 Å². The molecule has 0 spiro atoms. The van der Waals surface area contributed by atoms with Gasteiger partial charge in [-0.25, -0.2) is 0 Å². The Kier molecular flexibility index (Phi) is 8.53. The molecule has 0 fully saturated rings. The van der Waals surface area contributed by atoms with E-state index < -0.39 is 0 Å². The second-order valence-electron chi connectivity index (χ2n) is 7.72. The van der Waals surface area contributed by atoms with Crippen molar-refractivity contribution in [3.8, 4) is 23.0 Å². The molecule has 4 aromatic carbocycles. The van der Waals surface area contributed by atoms with E-state index in [4.69, 9.17) is 9.47 Å². The summed E-state index contributed by atoms with van der Waals surface area (Å²) in [4.78, 5) is 13.3. The summed E-state index contributed by atoms with van der Waals surface area (Å²) in [6, 6.07) is 29.0. The van der Waals surface area contributed by atoms with Crippen molar-refractivity contribution in [2.75, 3.05) is 0 Å². The first kappa shape index (κ1) is 24.8. The van der Waals surface area contributed by atoms with Crippen molar-refractivity contribution in [2.45, 2.75) is 20.8 Å². The molecule has 0 aliphatic rings. The number of para-hydroxylation sites is 2. The maximum absolute atomic E-state index is 13.3. The number of benzene rings is 4. The summed E-state index contributed by atoms with van der Waals surface area (Å²) in [6.07, 6.45) is 0. The van der Waals surface area contributed by atoms with Crippen LogP contribution in [0.2, 0.25) is 0 Å². The zero-order chi connectivity index (χ0) is 22.5. The standard InChI is InChI=1S/C28H25O3P.Li.H/c1-19-16-20(2)27(21(3)17-19)28(29)32-26-15-14-24(30-22-10-6-4-7-11-22)18-25(26)31-23-12-8-5-9-13-23;;/h4-18,32H,1-3H3;;. The quantitative estimate of drug-likeness (QED) is 0.233. The number of hydrogen-bond donors (Lipinski definition) is 0. The second kappa shape index (κ2) is 11.4. The molecule has 0 aromatic heterocycles. The van der Waals surface area contributed by atoms with E-state index in [1.54, 1.807) is 0 Å². The van der Waals surface area contributed by atoms with E-state index in [2.05, 4.69) is 12.1 Å². The number of aryl methyl sites for hydroxylation is 3. The van der Waals surface area contributed by atoms with Crippen LogP contribution in [0, 0.1) is 20.8 Å². The van der Waals surface area contributed by atoms with E-state index in [0.717, 1.165) is 33.3 Å². The van der Waals surface area contributed by atoms with Gasteiger partial charge in [0.1, 0.15) is 23.0 Å².